The van der Waals surface area contributed by atoms with E-state index in [2.05, 4.69) is 0 Å². The van der Waals surface area contributed by atoms with Crippen LogP contribution in [0.3, 0.4) is 0 Å². The SMILES string of the molecule is Fc1cccc(Cl)c1C[N+]1([C@@H]2CCOC2)CCCC1. The molecule has 0 aliphatic carbocycles. The van der Waals surface area contributed by atoms with E-state index < -0.39 is 0 Å². The average molecular weight is 285 g/mol. The maximum Gasteiger partial charge on any atom is 0.133 e. The second-order valence-electron chi connectivity index (χ2n) is 5.75. The third-order valence-electron chi connectivity index (χ3n) is 4.67. The van der Waals surface area contributed by atoms with Gasteiger partial charge in [-0.05, 0) is 12.1 Å². The number of hydrogen-bond donors (Lipinski definition) is 0. The highest BCUT2D eigenvalue weighted by Crippen LogP contribution is 2.33. The lowest BCUT2D eigenvalue weighted by molar-refractivity contribution is -0.951. The highest BCUT2D eigenvalue weighted by atomic mass is 35.5. The predicted molar refractivity (Wildman–Crippen MR) is 73.6 cm³/mol. The van der Waals surface area contributed by atoms with Crippen LogP contribution in [0.5, 0.6) is 0 Å². The molecule has 104 valence electrons. The molecule has 0 radical (unpaired) electrons. The van der Waals surface area contributed by atoms with Crippen molar-refractivity contribution in [3.05, 3.63) is 34.6 Å². The molecule has 2 aliphatic heterocycles. The van der Waals surface area contributed by atoms with Gasteiger partial charge in [0.15, 0.2) is 0 Å². The Balaban J connectivity index is 1.89. The molecule has 19 heavy (non-hydrogen) atoms. The fourth-order valence-electron chi connectivity index (χ4n) is 3.57. The van der Waals surface area contributed by atoms with Gasteiger partial charge >= 0.3 is 0 Å². The van der Waals surface area contributed by atoms with E-state index in [4.69, 9.17) is 16.3 Å². The Morgan fingerprint density at radius 3 is 2.74 bits per heavy atom. The lowest BCUT2D eigenvalue weighted by Gasteiger charge is -2.39. The molecule has 1 aromatic carbocycles. The summed E-state index contributed by atoms with van der Waals surface area (Å²) in [5.74, 6) is -0.171. The third kappa shape index (κ3) is 2.51. The van der Waals surface area contributed by atoms with Crippen LogP contribution in [0, 0.1) is 5.82 Å². The zero-order valence-corrected chi connectivity index (χ0v) is 11.8. The Bertz CT molecular complexity index is 433. The Kier molecular flexibility index (Phi) is 3.79. The molecule has 0 N–H and O–H groups in total. The number of hydrogen-bond acceptors (Lipinski definition) is 1. The van der Waals surface area contributed by atoms with Crippen LogP contribution in [-0.4, -0.2) is 36.8 Å². The van der Waals surface area contributed by atoms with Crippen LogP contribution < -0.4 is 0 Å². The lowest BCUT2D eigenvalue weighted by atomic mass is 10.1. The monoisotopic (exact) mass is 284 g/mol. The van der Waals surface area contributed by atoms with Gasteiger partial charge in [0, 0.05) is 19.3 Å². The summed E-state index contributed by atoms with van der Waals surface area (Å²) in [6.07, 6.45) is 3.54. The molecule has 2 nitrogen and oxygen atoms in total. The summed E-state index contributed by atoms with van der Waals surface area (Å²) in [5, 5.41) is 0.559. The summed E-state index contributed by atoms with van der Waals surface area (Å²) in [6, 6.07) is 5.49. The van der Waals surface area contributed by atoms with Crippen molar-refractivity contribution >= 4 is 11.6 Å². The van der Waals surface area contributed by atoms with E-state index in [0.29, 0.717) is 23.2 Å². The first kappa shape index (κ1) is 13.3. The van der Waals surface area contributed by atoms with Crippen molar-refractivity contribution in [2.45, 2.75) is 31.8 Å². The molecule has 0 unspecified atom stereocenters. The Hall–Kier alpha value is -0.640. The van der Waals surface area contributed by atoms with Crippen LogP contribution in [-0.2, 0) is 11.3 Å². The van der Waals surface area contributed by atoms with E-state index in [1.165, 1.54) is 18.9 Å². The molecule has 0 spiro atoms. The molecule has 0 saturated carbocycles. The number of ether oxygens (including phenoxy) is 1. The maximum absolute atomic E-state index is 14.0. The summed E-state index contributed by atoms with van der Waals surface area (Å²) in [5.41, 5.74) is 0.679. The van der Waals surface area contributed by atoms with E-state index in [1.54, 1.807) is 12.1 Å². The minimum atomic E-state index is -0.171. The van der Waals surface area contributed by atoms with Crippen molar-refractivity contribution in [3.63, 3.8) is 0 Å². The Morgan fingerprint density at radius 2 is 2.11 bits per heavy atom. The van der Waals surface area contributed by atoms with Crippen molar-refractivity contribution in [3.8, 4) is 0 Å². The highest BCUT2D eigenvalue weighted by Gasteiger charge is 2.42. The molecule has 4 heteroatoms. The van der Waals surface area contributed by atoms with Crippen LogP contribution >= 0.6 is 11.6 Å². The van der Waals surface area contributed by atoms with Crippen molar-refractivity contribution in [2.75, 3.05) is 26.3 Å². The van der Waals surface area contributed by atoms with E-state index in [9.17, 15) is 4.39 Å². The molecule has 2 saturated heterocycles. The van der Waals surface area contributed by atoms with Crippen LogP contribution in [0.15, 0.2) is 18.2 Å². The molecule has 2 aliphatic rings. The number of benzene rings is 1. The summed E-state index contributed by atoms with van der Waals surface area (Å²) in [6.45, 7) is 4.61. The van der Waals surface area contributed by atoms with Gasteiger partial charge in [0.1, 0.15) is 18.4 Å². The van der Waals surface area contributed by atoms with Gasteiger partial charge < -0.3 is 9.22 Å². The van der Waals surface area contributed by atoms with Crippen LogP contribution in [0.25, 0.3) is 0 Å². The molecule has 0 amide bonds. The maximum atomic E-state index is 14.0. The zero-order chi connectivity index (χ0) is 13.3. The van der Waals surface area contributed by atoms with E-state index in [-0.39, 0.29) is 5.82 Å². The largest absolute Gasteiger partial charge is 0.375 e. The van der Waals surface area contributed by atoms with Gasteiger partial charge in [-0.1, -0.05) is 17.7 Å². The first-order chi connectivity index (χ1) is 9.21. The standard InChI is InChI=1S/C15H20ClFNO/c16-14-4-3-5-15(17)13(14)10-18(7-1-2-8-18)12-6-9-19-11-12/h3-5,12H,1-2,6-11H2/q+1/t12-/m1/s1. The van der Waals surface area contributed by atoms with Crippen molar-refractivity contribution in [1.29, 1.82) is 0 Å². The Labute approximate surface area is 118 Å². The summed E-state index contributed by atoms with van der Waals surface area (Å²) >= 11 is 6.20. The number of nitrogens with zero attached hydrogens (tertiary/aromatic N) is 1. The van der Waals surface area contributed by atoms with E-state index in [1.807, 2.05) is 0 Å². The second-order valence-corrected chi connectivity index (χ2v) is 6.16. The topological polar surface area (TPSA) is 9.23 Å². The minimum Gasteiger partial charge on any atom is -0.375 e. The van der Waals surface area contributed by atoms with Crippen LogP contribution in [0.1, 0.15) is 24.8 Å². The molecule has 1 atom stereocenters. The highest BCUT2D eigenvalue weighted by molar-refractivity contribution is 6.31. The Morgan fingerprint density at radius 1 is 1.32 bits per heavy atom. The second kappa shape index (κ2) is 5.39. The molecule has 2 fully saturated rings. The van der Waals surface area contributed by atoms with Crippen molar-refractivity contribution in [1.82, 2.24) is 0 Å². The number of likely N-dealkylation sites (tertiary alicyclic amines) is 1. The first-order valence-corrected chi connectivity index (χ1v) is 7.45. The first-order valence-electron chi connectivity index (χ1n) is 7.08. The average Bonchev–Trinajstić information content (AvgIpc) is 3.06. The van der Waals surface area contributed by atoms with Crippen molar-refractivity contribution in [2.24, 2.45) is 0 Å². The fourth-order valence-corrected chi connectivity index (χ4v) is 3.79. The number of halogens is 2. The number of rotatable bonds is 3. The van der Waals surface area contributed by atoms with Gasteiger partial charge in [0.2, 0.25) is 0 Å². The molecule has 2 heterocycles. The fraction of sp³-hybridized carbons (Fsp3) is 0.600. The van der Waals surface area contributed by atoms with E-state index >= 15 is 0 Å². The lowest BCUT2D eigenvalue weighted by Crippen LogP contribution is -2.53. The summed E-state index contributed by atoms with van der Waals surface area (Å²) in [7, 11) is 0. The van der Waals surface area contributed by atoms with Crippen LogP contribution in [0.2, 0.25) is 5.02 Å². The normalized spacial score (nSPS) is 25.9. The van der Waals surface area contributed by atoms with Crippen LogP contribution in [0.4, 0.5) is 4.39 Å². The summed E-state index contributed by atoms with van der Waals surface area (Å²) in [4.78, 5) is 0. The van der Waals surface area contributed by atoms with Crippen molar-refractivity contribution < 1.29 is 13.6 Å². The quantitative estimate of drug-likeness (QED) is 0.773. The van der Waals surface area contributed by atoms with Gasteiger partial charge in [-0.25, -0.2) is 4.39 Å². The molecule has 3 rings (SSSR count). The third-order valence-corrected chi connectivity index (χ3v) is 5.03. The van der Waals surface area contributed by atoms with Gasteiger partial charge in [-0.3, -0.25) is 0 Å². The minimum absolute atomic E-state index is 0.171. The van der Waals surface area contributed by atoms with Gasteiger partial charge in [0.05, 0.1) is 36.9 Å². The zero-order valence-electron chi connectivity index (χ0n) is 11.1. The van der Waals surface area contributed by atoms with Gasteiger partial charge in [0.25, 0.3) is 0 Å². The van der Waals surface area contributed by atoms with Gasteiger partial charge in [-0.2, -0.15) is 0 Å². The molecular weight excluding hydrogens is 265 g/mol. The molecule has 1 aromatic rings. The number of quaternary nitrogens is 1. The molecular formula is C15H20ClFNO+. The van der Waals surface area contributed by atoms with Gasteiger partial charge in [-0.15, -0.1) is 0 Å². The molecule has 0 aromatic heterocycles. The summed E-state index contributed by atoms with van der Waals surface area (Å²) < 4.78 is 20.5. The van der Waals surface area contributed by atoms with E-state index in [0.717, 1.165) is 37.2 Å². The predicted octanol–water partition coefficient (Wildman–Crippen LogP) is 3.38. The smallest absolute Gasteiger partial charge is 0.133 e. The molecule has 0 bridgehead atoms.